The second-order valence-corrected chi connectivity index (χ2v) is 7.46. The molecule has 1 aromatic carbocycles. The second kappa shape index (κ2) is 6.15. The SMILES string of the molecule is Cc1cn2c(CN(C)C(=O)c3ccc(Cl)c(Cl)c3)c(C)nc2s1. The average molecular weight is 368 g/mol. The van der Waals surface area contributed by atoms with Crippen LogP contribution in [0.25, 0.3) is 4.96 Å². The van der Waals surface area contributed by atoms with E-state index in [4.69, 9.17) is 23.2 Å². The first kappa shape index (κ1) is 16.3. The van der Waals surface area contributed by atoms with Crippen LogP contribution in [0.5, 0.6) is 0 Å². The molecule has 2 aromatic heterocycles. The van der Waals surface area contributed by atoms with Crippen LogP contribution in [0.2, 0.25) is 10.0 Å². The summed E-state index contributed by atoms with van der Waals surface area (Å²) < 4.78 is 2.05. The molecule has 0 radical (unpaired) electrons. The smallest absolute Gasteiger partial charge is 0.254 e. The lowest BCUT2D eigenvalue weighted by Gasteiger charge is -2.17. The van der Waals surface area contributed by atoms with Crippen LogP contribution in [0.1, 0.15) is 26.6 Å². The number of aromatic nitrogens is 2. The van der Waals surface area contributed by atoms with Crippen LogP contribution in [-0.2, 0) is 6.54 Å². The number of halogens is 2. The van der Waals surface area contributed by atoms with Gasteiger partial charge in [0.25, 0.3) is 5.91 Å². The molecule has 0 saturated carbocycles. The summed E-state index contributed by atoms with van der Waals surface area (Å²) in [6.45, 7) is 4.48. The van der Waals surface area contributed by atoms with Gasteiger partial charge >= 0.3 is 0 Å². The fourth-order valence-corrected chi connectivity index (χ4v) is 3.63. The van der Waals surface area contributed by atoms with E-state index >= 15 is 0 Å². The van der Waals surface area contributed by atoms with Crippen molar-refractivity contribution in [3.05, 3.63) is 56.3 Å². The summed E-state index contributed by atoms with van der Waals surface area (Å²) in [6, 6.07) is 4.91. The molecule has 0 N–H and O–H groups in total. The maximum atomic E-state index is 12.6. The largest absolute Gasteiger partial charge is 0.336 e. The average Bonchev–Trinajstić information content (AvgIpc) is 2.98. The summed E-state index contributed by atoms with van der Waals surface area (Å²) in [7, 11) is 1.77. The fraction of sp³-hybridized carbons (Fsp3) is 0.250. The molecule has 0 aliphatic rings. The number of benzene rings is 1. The second-order valence-electron chi connectivity index (χ2n) is 5.43. The lowest BCUT2D eigenvalue weighted by Crippen LogP contribution is -2.27. The van der Waals surface area contributed by atoms with Gasteiger partial charge in [-0.05, 0) is 32.0 Å². The molecule has 0 aliphatic heterocycles. The molecular formula is C16H15Cl2N3OS. The Kier molecular flexibility index (Phi) is 4.36. The summed E-state index contributed by atoms with van der Waals surface area (Å²) >= 11 is 13.5. The molecule has 0 fully saturated rings. The highest BCUT2D eigenvalue weighted by Crippen LogP contribution is 2.24. The zero-order valence-electron chi connectivity index (χ0n) is 12.9. The molecule has 0 saturated heterocycles. The quantitative estimate of drug-likeness (QED) is 0.678. The molecule has 120 valence electrons. The summed E-state index contributed by atoms with van der Waals surface area (Å²) in [5, 5.41) is 0.815. The maximum Gasteiger partial charge on any atom is 0.254 e. The highest BCUT2D eigenvalue weighted by molar-refractivity contribution is 7.17. The number of amides is 1. The van der Waals surface area contributed by atoms with Crippen molar-refractivity contribution in [1.82, 2.24) is 14.3 Å². The number of carbonyl (C=O) groups is 1. The third-order valence-electron chi connectivity index (χ3n) is 3.64. The first-order valence-corrected chi connectivity index (χ1v) is 8.58. The molecule has 0 atom stereocenters. The molecule has 2 heterocycles. The highest BCUT2D eigenvalue weighted by Gasteiger charge is 2.18. The van der Waals surface area contributed by atoms with E-state index in [2.05, 4.69) is 4.98 Å². The van der Waals surface area contributed by atoms with Crippen LogP contribution in [0.15, 0.2) is 24.4 Å². The van der Waals surface area contributed by atoms with E-state index in [0.29, 0.717) is 22.2 Å². The van der Waals surface area contributed by atoms with Crippen molar-refractivity contribution in [2.75, 3.05) is 7.05 Å². The zero-order valence-corrected chi connectivity index (χ0v) is 15.3. The maximum absolute atomic E-state index is 12.6. The molecule has 3 rings (SSSR count). The molecule has 0 aliphatic carbocycles. The predicted octanol–water partition coefficient (Wildman–Crippen LogP) is 4.59. The molecule has 0 unspecified atom stereocenters. The summed E-state index contributed by atoms with van der Waals surface area (Å²) in [5.74, 6) is -0.107. The number of rotatable bonds is 3. The number of hydrogen-bond acceptors (Lipinski definition) is 3. The van der Waals surface area contributed by atoms with Gasteiger partial charge in [0.15, 0.2) is 4.96 Å². The Morgan fingerprint density at radius 1 is 1.30 bits per heavy atom. The first-order valence-electron chi connectivity index (χ1n) is 7.01. The molecule has 3 aromatic rings. The first-order chi connectivity index (χ1) is 10.9. The van der Waals surface area contributed by atoms with Crippen LogP contribution in [-0.4, -0.2) is 27.2 Å². The van der Waals surface area contributed by atoms with Crippen LogP contribution in [0.3, 0.4) is 0 Å². The number of thiazole rings is 1. The van der Waals surface area contributed by atoms with Crippen molar-refractivity contribution in [3.8, 4) is 0 Å². The number of nitrogens with zero attached hydrogens (tertiary/aromatic N) is 3. The van der Waals surface area contributed by atoms with Crippen molar-refractivity contribution >= 4 is 45.4 Å². The summed E-state index contributed by atoms with van der Waals surface area (Å²) in [5.41, 5.74) is 2.46. The molecular weight excluding hydrogens is 353 g/mol. The minimum atomic E-state index is -0.107. The van der Waals surface area contributed by atoms with Crippen LogP contribution >= 0.6 is 34.5 Å². The molecule has 4 nitrogen and oxygen atoms in total. The van der Waals surface area contributed by atoms with Crippen molar-refractivity contribution in [2.24, 2.45) is 0 Å². The van der Waals surface area contributed by atoms with Gasteiger partial charge in [-0.3, -0.25) is 9.20 Å². The number of imidazole rings is 1. The number of hydrogen-bond donors (Lipinski definition) is 0. The Balaban J connectivity index is 1.87. The Bertz CT molecular complexity index is 900. The van der Waals surface area contributed by atoms with Crippen LogP contribution < -0.4 is 0 Å². The Morgan fingerprint density at radius 2 is 2.04 bits per heavy atom. The third kappa shape index (κ3) is 3.09. The van der Waals surface area contributed by atoms with E-state index in [1.165, 1.54) is 4.88 Å². The van der Waals surface area contributed by atoms with Crippen LogP contribution in [0.4, 0.5) is 0 Å². The number of aryl methyl sites for hydroxylation is 2. The lowest BCUT2D eigenvalue weighted by molar-refractivity contribution is 0.0783. The molecule has 1 amide bonds. The van der Waals surface area contributed by atoms with Gasteiger partial charge in [0.05, 0.1) is 28.0 Å². The van der Waals surface area contributed by atoms with E-state index in [9.17, 15) is 4.79 Å². The predicted molar refractivity (Wildman–Crippen MR) is 94.8 cm³/mol. The van der Waals surface area contributed by atoms with E-state index < -0.39 is 0 Å². The molecule has 0 bridgehead atoms. The van der Waals surface area contributed by atoms with E-state index in [0.717, 1.165) is 16.3 Å². The monoisotopic (exact) mass is 367 g/mol. The Labute approximate surface area is 148 Å². The molecule has 23 heavy (non-hydrogen) atoms. The van der Waals surface area contributed by atoms with Gasteiger partial charge in [0, 0.05) is 23.7 Å². The highest BCUT2D eigenvalue weighted by atomic mass is 35.5. The Morgan fingerprint density at radius 3 is 2.74 bits per heavy atom. The van der Waals surface area contributed by atoms with Gasteiger partial charge in [-0.15, -0.1) is 11.3 Å². The van der Waals surface area contributed by atoms with Gasteiger partial charge in [-0.25, -0.2) is 4.98 Å². The molecule has 7 heteroatoms. The van der Waals surface area contributed by atoms with E-state index in [1.54, 1.807) is 41.5 Å². The van der Waals surface area contributed by atoms with E-state index in [1.807, 2.05) is 24.4 Å². The van der Waals surface area contributed by atoms with E-state index in [-0.39, 0.29) is 5.91 Å². The van der Waals surface area contributed by atoms with Gasteiger partial charge in [0.2, 0.25) is 0 Å². The Hall–Kier alpha value is -1.56. The van der Waals surface area contributed by atoms with Gasteiger partial charge in [-0.1, -0.05) is 23.2 Å². The minimum absolute atomic E-state index is 0.107. The standard InChI is InChI=1S/C16H15Cl2N3OS/c1-9-7-21-14(10(2)19-16(21)23-9)8-20(3)15(22)11-4-5-12(17)13(18)6-11/h4-7H,8H2,1-3H3. The van der Waals surface area contributed by atoms with Gasteiger partial charge in [0.1, 0.15) is 0 Å². The minimum Gasteiger partial charge on any atom is -0.336 e. The number of fused-ring (bicyclic) bond motifs is 1. The van der Waals surface area contributed by atoms with Crippen molar-refractivity contribution in [1.29, 1.82) is 0 Å². The van der Waals surface area contributed by atoms with Crippen LogP contribution in [0, 0.1) is 13.8 Å². The number of carbonyl (C=O) groups excluding carboxylic acids is 1. The van der Waals surface area contributed by atoms with Crippen molar-refractivity contribution < 1.29 is 4.79 Å². The molecule has 0 spiro atoms. The van der Waals surface area contributed by atoms with Crippen molar-refractivity contribution in [2.45, 2.75) is 20.4 Å². The van der Waals surface area contributed by atoms with Gasteiger partial charge in [-0.2, -0.15) is 0 Å². The zero-order chi connectivity index (χ0) is 16.7. The fourth-order valence-electron chi connectivity index (χ4n) is 2.45. The third-order valence-corrected chi connectivity index (χ3v) is 5.28. The normalized spacial score (nSPS) is 11.2. The summed E-state index contributed by atoms with van der Waals surface area (Å²) in [6.07, 6.45) is 2.05. The topological polar surface area (TPSA) is 37.6 Å². The lowest BCUT2D eigenvalue weighted by atomic mass is 10.2. The van der Waals surface area contributed by atoms with Gasteiger partial charge < -0.3 is 4.90 Å². The summed E-state index contributed by atoms with van der Waals surface area (Å²) in [4.78, 5) is 20.9. The van der Waals surface area contributed by atoms with Crippen molar-refractivity contribution in [3.63, 3.8) is 0 Å².